The number of hydrogen-bond donors (Lipinski definition) is 1. The van der Waals surface area contributed by atoms with Crippen molar-refractivity contribution < 1.29 is 0 Å². The van der Waals surface area contributed by atoms with Crippen molar-refractivity contribution in [3.05, 3.63) is 22.4 Å². The lowest BCUT2D eigenvalue weighted by molar-refractivity contribution is 0.0741. The van der Waals surface area contributed by atoms with Gasteiger partial charge < -0.3 is 5.73 Å². The first-order valence-corrected chi connectivity index (χ1v) is 7.11. The summed E-state index contributed by atoms with van der Waals surface area (Å²) in [7, 11) is 0. The third-order valence-electron chi connectivity index (χ3n) is 3.81. The van der Waals surface area contributed by atoms with Gasteiger partial charge in [-0.25, -0.2) is 0 Å². The van der Waals surface area contributed by atoms with Crippen LogP contribution in [0.15, 0.2) is 17.5 Å². The summed E-state index contributed by atoms with van der Waals surface area (Å²) in [5, 5.41) is 2.16. The van der Waals surface area contributed by atoms with Gasteiger partial charge in [-0.05, 0) is 42.8 Å². The molecule has 0 aromatic carbocycles. The summed E-state index contributed by atoms with van der Waals surface area (Å²) >= 11 is 1.85. The molecule has 1 aliphatic rings. The standard InChI is InChI=1S/C13H22N2S/c1-2-15(9-12-5-3-8-16-12)11-13(10-14)6-4-7-13/h3,5,8H,2,4,6-7,9-11,14H2,1H3. The lowest BCUT2D eigenvalue weighted by Crippen LogP contribution is -2.46. The zero-order valence-corrected chi connectivity index (χ0v) is 10.9. The minimum atomic E-state index is 0.438. The Bertz CT molecular complexity index is 298. The van der Waals surface area contributed by atoms with Gasteiger partial charge in [-0.3, -0.25) is 4.90 Å². The molecule has 1 aromatic heterocycles. The summed E-state index contributed by atoms with van der Waals surface area (Å²) in [6, 6.07) is 4.36. The van der Waals surface area contributed by atoms with Gasteiger partial charge in [-0.15, -0.1) is 11.3 Å². The van der Waals surface area contributed by atoms with Crippen LogP contribution in [0.3, 0.4) is 0 Å². The van der Waals surface area contributed by atoms with Crippen molar-refractivity contribution in [2.45, 2.75) is 32.7 Å². The van der Waals surface area contributed by atoms with Crippen LogP contribution >= 0.6 is 11.3 Å². The molecule has 2 nitrogen and oxygen atoms in total. The molecular formula is C13H22N2S. The Labute approximate surface area is 102 Å². The molecule has 0 amide bonds. The SMILES string of the molecule is CCN(Cc1cccs1)CC1(CN)CCC1. The first kappa shape index (κ1) is 12.1. The minimum Gasteiger partial charge on any atom is -0.330 e. The quantitative estimate of drug-likeness (QED) is 0.825. The van der Waals surface area contributed by atoms with Crippen molar-refractivity contribution >= 4 is 11.3 Å². The molecule has 0 spiro atoms. The fourth-order valence-electron chi connectivity index (χ4n) is 2.48. The molecule has 2 N–H and O–H groups in total. The van der Waals surface area contributed by atoms with Crippen molar-refractivity contribution in [1.82, 2.24) is 4.90 Å². The molecule has 3 heteroatoms. The van der Waals surface area contributed by atoms with Gasteiger partial charge in [0.25, 0.3) is 0 Å². The van der Waals surface area contributed by atoms with Crippen molar-refractivity contribution in [2.24, 2.45) is 11.1 Å². The van der Waals surface area contributed by atoms with Gasteiger partial charge in [-0.1, -0.05) is 19.4 Å². The van der Waals surface area contributed by atoms with Crippen LogP contribution in [0.4, 0.5) is 0 Å². The van der Waals surface area contributed by atoms with Crippen molar-refractivity contribution in [1.29, 1.82) is 0 Å². The van der Waals surface area contributed by atoms with Gasteiger partial charge in [-0.2, -0.15) is 0 Å². The maximum atomic E-state index is 5.92. The number of hydrogen-bond acceptors (Lipinski definition) is 3. The summed E-state index contributed by atoms with van der Waals surface area (Å²) < 4.78 is 0. The van der Waals surface area contributed by atoms with E-state index in [9.17, 15) is 0 Å². The first-order chi connectivity index (χ1) is 7.78. The van der Waals surface area contributed by atoms with Gasteiger partial charge in [0.2, 0.25) is 0 Å². The molecule has 0 atom stereocenters. The van der Waals surface area contributed by atoms with Gasteiger partial charge in [0, 0.05) is 18.0 Å². The average Bonchev–Trinajstić information content (AvgIpc) is 2.74. The molecule has 0 radical (unpaired) electrons. The van der Waals surface area contributed by atoms with Gasteiger partial charge in [0.1, 0.15) is 0 Å². The Hall–Kier alpha value is -0.380. The molecule has 0 unspecified atom stereocenters. The lowest BCUT2D eigenvalue weighted by Gasteiger charge is -2.44. The van der Waals surface area contributed by atoms with Crippen LogP contribution in [-0.4, -0.2) is 24.5 Å². The molecule has 16 heavy (non-hydrogen) atoms. The van der Waals surface area contributed by atoms with Crippen LogP contribution in [0.25, 0.3) is 0 Å². The second-order valence-corrected chi connectivity index (χ2v) is 5.97. The molecule has 1 heterocycles. The highest BCUT2D eigenvalue weighted by molar-refractivity contribution is 7.09. The Morgan fingerprint density at radius 1 is 1.50 bits per heavy atom. The van der Waals surface area contributed by atoms with E-state index in [0.717, 1.165) is 19.6 Å². The van der Waals surface area contributed by atoms with Crippen LogP contribution in [0.2, 0.25) is 0 Å². The van der Waals surface area contributed by atoms with Crippen LogP contribution in [0, 0.1) is 5.41 Å². The number of nitrogens with two attached hydrogens (primary N) is 1. The number of nitrogens with zero attached hydrogens (tertiary/aromatic N) is 1. The van der Waals surface area contributed by atoms with E-state index in [1.807, 2.05) is 11.3 Å². The Kier molecular flexibility index (Phi) is 4.00. The summed E-state index contributed by atoms with van der Waals surface area (Å²) in [6.45, 7) is 6.50. The van der Waals surface area contributed by atoms with Gasteiger partial charge >= 0.3 is 0 Å². The molecule has 90 valence electrons. The zero-order chi connectivity index (χ0) is 11.4. The summed E-state index contributed by atoms with van der Waals surface area (Å²) in [5.41, 5.74) is 6.36. The van der Waals surface area contributed by atoms with Crippen LogP contribution in [0.1, 0.15) is 31.1 Å². The largest absolute Gasteiger partial charge is 0.330 e. The van der Waals surface area contributed by atoms with Crippen LogP contribution < -0.4 is 5.73 Å². The molecule has 1 saturated carbocycles. The van der Waals surface area contributed by atoms with E-state index in [1.54, 1.807) is 0 Å². The molecule has 1 fully saturated rings. The predicted molar refractivity (Wildman–Crippen MR) is 70.6 cm³/mol. The molecule has 0 aliphatic heterocycles. The normalized spacial score (nSPS) is 18.7. The molecular weight excluding hydrogens is 216 g/mol. The topological polar surface area (TPSA) is 29.3 Å². The third kappa shape index (κ3) is 2.65. The highest BCUT2D eigenvalue weighted by atomic mass is 32.1. The van der Waals surface area contributed by atoms with E-state index in [4.69, 9.17) is 5.73 Å². The second kappa shape index (κ2) is 5.30. The maximum absolute atomic E-state index is 5.92. The van der Waals surface area contributed by atoms with E-state index in [1.165, 1.54) is 30.7 Å². The van der Waals surface area contributed by atoms with Crippen LogP contribution in [0.5, 0.6) is 0 Å². The Balaban J connectivity index is 1.90. The molecule has 1 aliphatic carbocycles. The van der Waals surface area contributed by atoms with E-state index < -0.39 is 0 Å². The van der Waals surface area contributed by atoms with Crippen LogP contribution in [-0.2, 0) is 6.54 Å². The predicted octanol–water partition coefficient (Wildman–Crippen LogP) is 2.70. The smallest absolute Gasteiger partial charge is 0.0328 e. The Morgan fingerprint density at radius 3 is 2.75 bits per heavy atom. The monoisotopic (exact) mass is 238 g/mol. The highest BCUT2D eigenvalue weighted by Gasteiger charge is 2.36. The maximum Gasteiger partial charge on any atom is 0.0328 e. The van der Waals surface area contributed by atoms with E-state index in [0.29, 0.717) is 5.41 Å². The lowest BCUT2D eigenvalue weighted by atomic mass is 9.68. The number of rotatable bonds is 6. The molecule has 0 bridgehead atoms. The zero-order valence-electron chi connectivity index (χ0n) is 10.1. The van der Waals surface area contributed by atoms with E-state index in [2.05, 4.69) is 29.3 Å². The molecule has 2 rings (SSSR count). The summed E-state index contributed by atoms with van der Waals surface area (Å²) in [5.74, 6) is 0. The van der Waals surface area contributed by atoms with Gasteiger partial charge in [0.15, 0.2) is 0 Å². The first-order valence-electron chi connectivity index (χ1n) is 6.23. The van der Waals surface area contributed by atoms with Crippen molar-refractivity contribution in [2.75, 3.05) is 19.6 Å². The summed E-state index contributed by atoms with van der Waals surface area (Å²) in [6.07, 6.45) is 4.02. The van der Waals surface area contributed by atoms with Crippen molar-refractivity contribution in [3.8, 4) is 0 Å². The van der Waals surface area contributed by atoms with E-state index >= 15 is 0 Å². The second-order valence-electron chi connectivity index (χ2n) is 4.94. The average molecular weight is 238 g/mol. The third-order valence-corrected chi connectivity index (χ3v) is 4.67. The highest BCUT2D eigenvalue weighted by Crippen LogP contribution is 2.40. The van der Waals surface area contributed by atoms with E-state index in [-0.39, 0.29) is 0 Å². The van der Waals surface area contributed by atoms with Crippen molar-refractivity contribution in [3.63, 3.8) is 0 Å². The fraction of sp³-hybridized carbons (Fsp3) is 0.692. The summed E-state index contributed by atoms with van der Waals surface area (Å²) in [4.78, 5) is 4.01. The fourth-order valence-corrected chi connectivity index (χ4v) is 3.23. The number of thiophene rings is 1. The molecule has 1 aromatic rings. The molecule has 0 saturated heterocycles. The Morgan fingerprint density at radius 2 is 2.31 bits per heavy atom. The van der Waals surface area contributed by atoms with Gasteiger partial charge in [0.05, 0.1) is 0 Å². The minimum absolute atomic E-state index is 0.438.